The van der Waals surface area contributed by atoms with E-state index in [-0.39, 0.29) is 7.43 Å². The van der Waals surface area contributed by atoms with E-state index in [1.807, 2.05) is 18.2 Å². The monoisotopic (exact) mass is 390 g/mol. The zero-order valence-electron chi connectivity index (χ0n) is 18.7. The second kappa shape index (κ2) is 15.6. The van der Waals surface area contributed by atoms with Crippen molar-refractivity contribution >= 4 is 0 Å². The van der Waals surface area contributed by atoms with Crippen molar-refractivity contribution in [1.29, 1.82) is 0 Å². The molecule has 158 valence electrons. The van der Waals surface area contributed by atoms with E-state index >= 15 is 0 Å². The van der Waals surface area contributed by atoms with Gasteiger partial charge in [-0.15, -0.1) is 0 Å². The second-order valence-corrected chi connectivity index (χ2v) is 7.82. The Morgan fingerprint density at radius 1 is 0.724 bits per heavy atom. The molecule has 0 saturated heterocycles. The number of allylic oxidation sites excluding steroid dienone is 6. The molecule has 0 aromatic heterocycles. The third kappa shape index (κ3) is 13.5. The summed E-state index contributed by atoms with van der Waals surface area (Å²) in [4.78, 5) is 0. The maximum atomic E-state index is 2.31. The largest absolute Gasteiger partial charge is 0.0778 e. The van der Waals surface area contributed by atoms with Crippen LogP contribution in [-0.2, 0) is 6.42 Å². The minimum atomic E-state index is 0. The summed E-state index contributed by atoms with van der Waals surface area (Å²) < 4.78 is 0. The average molecular weight is 391 g/mol. The molecular formula is C29H42. The smallest absolute Gasteiger partial charge is 0.0158 e. The predicted molar refractivity (Wildman–Crippen MR) is 134 cm³/mol. The number of hydrogen-bond acceptors (Lipinski definition) is 0. The first-order chi connectivity index (χ1) is 13.4. The molecule has 1 aliphatic carbocycles. The normalized spacial score (nSPS) is 13.2. The van der Waals surface area contributed by atoms with Crippen LogP contribution in [0.2, 0.25) is 0 Å². The number of aryl methyl sites for hydroxylation is 2. The number of benzene rings is 2. The van der Waals surface area contributed by atoms with Crippen LogP contribution in [0.25, 0.3) is 0 Å². The van der Waals surface area contributed by atoms with Crippen LogP contribution in [0, 0.1) is 19.8 Å². The molecule has 1 aliphatic rings. The van der Waals surface area contributed by atoms with Crippen LogP contribution in [0.15, 0.2) is 90.0 Å². The van der Waals surface area contributed by atoms with Crippen molar-refractivity contribution in [2.75, 3.05) is 0 Å². The van der Waals surface area contributed by atoms with Crippen molar-refractivity contribution in [2.45, 2.75) is 68.2 Å². The fraction of sp³-hybridized carbons (Fsp3) is 0.379. The Bertz CT molecular complexity index is 722. The molecule has 2 aromatic carbocycles. The predicted octanol–water partition coefficient (Wildman–Crippen LogP) is 9.05. The highest BCUT2D eigenvalue weighted by Gasteiger charge is 1.99. The zero-order chi connectivity index (χ0) is 20.8. The summed E-state index contributed by atoms with van der Waals surface area (Å²) in [5.74, 6) is 0.813. The maximum Gasteiger partial charge on any atom is -0.0158 e. The lowest BCUT2D eigenvalue weighted by Crippen LogP contribution is -1.97. The van der Waals surface area contributed by atoms with Gasteiger partial charge in [-0.2, -0.15) is 0 Å². The molecule has 0 N–H and O–H groups in total. The van der Waals surface area contributed by atoms with Gasteiger partial charge < -0.3 is 0 Å². The van der Waals surface area contributed by atoms with E-state index in [0.29, 0.717) is 0 Å². The molecule has 0 heteroatoms. The molecule has 0 spiro atoms. The Morgan fingerprint density at radius 3 is 1.62 bits per heavy atom. The lowest BCUT2D eigenvalue weighted by molar-refractivity contribution is 0.560. The van der Waals surface area contributed by atoms with Gasteiger partial charge in [0.2, 0.25) is 0 Å². The molecule has 0 fully saturated rings. The fourth-order valence-corrected chi connectivity index (χ4v) is 2.63. The zero-order valence-corrected chi connectivity index (χ0v) is 18.7. The van der Waals surface area contributed by atoms with E-state index < -0.39 is 0 Å². The van der Waals surface area contributed by atoms with Crippen LogP contribution in [0.4, 0.5) is 0 Å². The Morgan fingerprint density at radius 2 is 1.21 bits per heavy atom. The van der Waals surface area contributed by atoms with Gasteiger partial charge in [-0.05, 0) is 52.0 Å². The average Bonchev–Trinajstić information content (AvgIpc) is 2.88. The second-order valence-electron chi connectivity index (χ2n) is 7.82. The first kappa shape index (κ1) is 26.7. The molecule has 0 radical (unpaired) electrons. The van der Waals surface area contributed by atoms with Crippen molar-refractivity contribution < 1.29 is 0 Å². The van der Waals surface area contributed by atoms with Crippen molar-refractivity contribution in [3.8, 4) is 0 Å². The fourth-order valence-electron chi connectivity index (χ4n) is 2.63. The van der Waals surface area contributed by atoms with Crippen LogP contribution in [-0.4, -0.2) is 0 Å². The van der Waals surface area contributed by atoms with Gasteiger partial charge in [-0.1, -0.05) is 129 Å². The Hall–Kier alpha value is -2.34. The Kier molecular flexibility index (Phi) is 14.3. The van der Waals surface area contributed by atoms with E-state index in [9.17, 15) is 0 Å². The highest BCUT2D eigenvalue weighted by atomic mass is 14.0. The third-order valence-electron chi connectivity index (χ3n) is 4.83. The van der Waals surface area contributed by atoms with Crippen LogP contribution < -0.4 is 0 Å². The molecule has 0 saturated carbocycles. The van der Waals surface area contributed by atoms with E-state index in [1.165, 1.54) is 40.7 Å². The molecule has 0 amide bonds. The lowest BCUT2D eigenvalue weighted by atomic mass is 9.98. The third-order valence-corrected chi connectivity index (χ3v) is 4.83. The van der Waals surface area contributed by atoms with Gasteiger partial charge in [-0.25, -0.2) is 0 Å². The van der Waals surface area contributed by atoms with Crippen molar-refractivity contribution in [2.24, 2.45) is 5.92 Å². The van der Waals surface area contributed by atoms with E-state index in [2.05, 4.69) is 102 Å². The van der Waals surface area contributed by atoms with Crippen molar-refractivity contribution in [1.82, 2.24) is 0 Å². The highest BCUT2D eigenvalue weighted by Crippen LogP contribution is 2.12. The topological polar surface area (TPSA) is 0 Å². The summed E-state index contributed by atoms with van der Waals surface area (Å²) in [6.07, 6.45) is 12.3. The minimum Gasteiger partial charge on any atom is -0.0778 e. The first-order valence-corrected chi connectivity index (χ1v) is 10.5. The summed E-state index contributed by atoms with van der Waals surface area (Å²) in [5.41, 5.74) is 6.87. The van der Waals surface area contributed by atoms with Crippen LogP contribution in [0.1, 0.15) is 64.7 Å². The molecule has 2 aromatic rings. The summed E-state index contributed by atoms with van der Waals surface area (Å²) in [6.45, 7) is 13.0. The molecule has 1 unspecified atom stereocenters. The van der Waals surface area contributed by atoms with Gasteiger partial charge in [-0.3, -0.25) is 0 Å². The summed E-state index contributed by atoms with van der Waals surface area (Å²) in [5, 5.41) is 0. The Labute approximate surface area is 181 Å². The van der Waals surface area contributed by atoms with E-state index in [4.69, 9.17) is 0 Å². The molecular weight excluding hydrogens is 348 g/mol. The van der Waals surface area contributed by atoms with E-state index in [1.54, 1.807) is 0 Å². The molecule has 3 rings (SSSR count). The van der Waals surface area contributed by atoms with Crippen molar-refractivity contribution in [3.63, 3.8) is 0 Å². The van der Waals surface area contributed by atoms with Crippen LogP contribution in [0.3, 0.4) is 0 Å². The molecule has 1 atom stereocenters. The summed E-state index contributed by atoms with van der Waals surface area (Å²) in [6, 6.07) is 19.1. The highest BCUT2D eigenvalue weighted by molar-refractivity contribution is 5.29. The molecule has 0 aliphatic heterocycles. The molecule has 29 heavy (non-hydrogen) atoms. The standard InChI is InChI=1S/C12H18.C9H12.C7H8.CH4/c1-4-10(2)9-12-7-5-11(3)6-8-12;1-8-4-3-5-9(2)7-6-8;1-7-5-3-2-4-6-7;/h5-8,10H,4,9H2,1-3H3;4-7H,3H2,1-2H3;2-6H,1H3;1H4. The molecule has 0 heterocycles. The van der Waals surface area contributed by atoms with Crippen LogP contribution in [0.5, 0.6) is 0 Å². The summed E-state index contributed by atoms with van der Waals surface area (Å²) in [7, 11) is 0. The summed E-state index contributed by atoms with van der Waals surface area (Å²) >= 11 is 0. The number of hydrogen-bond donors (Lipinski definition) is 0. The quantitative estimate of drug-likeness (QED) is 0.490. The van der Waals surface area contributed by atoms with Gasteiger partial charge in [0, 0.05) is 0 Å². The Balaban J connectivity index is 0.000000413. The SMILES string of the molecule is C.CC1=CCC=C(C)C=C1.CCC(C)Cc1ccc(C)cc1.Cc1ccccc1. The minimum absolute atomic E-state index is 0. The van der Waals surface area contributed by atoms with Gasteiger partial charge >= 0.3 is 0 Å². The first-order valence-electron chi connectivity index (χ1n) is 10.5. The van der Waals surface area contributed by atoms with Gasteiger partial charge in [0.1, 0.15) is 0 Å². The molecule has 0 nitrogen and oxygen atoms in total. The maximum absolute atomic E-state index is 2.31. The van der Waals surface area contributed by atoms with Gasteiger partial charge in [0.05, 0.1) is 0 Å². The van der Waals surface area contributed by atoms with Gasteiger partial charge in [0.15, 0.2) is 0 Å². The van der Waals surface area contributed by atoms with Crippen LogP contribution >= 0.6 is 0 Å². The van der Waals surface area contributed by atoms with Gasteiger partial charge in [0.25, 0.3) is 0 Å². The molecule has 0 bridgehead atoms. The lowest BCUT2D eigenvalue weighted by Gasteiger charge is -2.07. The number of rotatable bonds is 3. The van der Waals surface area contributed by atoms with E-state index in [0.717, 1.165) is 12.3 Å². The van der Waals surface area contributed by atoms with Crippen molar-refractivity contribution in [3.05, 3.63) is 107 Å².